The van der Waals surface area contributed by atoms with Gasteiger partial charge in [-0.15, -0.1) is 0 Å². The van der Waals surface area contributed by atoms with Gasteiger partial charge in [0.05, 0.1) is 0 Å². The van der Waals surface area contributed by atoms with Crippen LogP contribution in [-0.4, -0.2) is 27.0 Å². The van der Waals surface area contributed by atoms with Crippen molar-refractivity contribution in [1.82, 2.24) is 4.72 Å². The summed E-state index contributed by atoms with van der Waals surface area (Å²) in [5, 5.41) is 0. The number of hydrogen-bond acceptors (Lipinski definition) is 3. The second-order valence-electron chi connectivity index (χ2n) is 1.72. The largest absolute Gasteiger partial charge is 0.402 e. The van der Waals surface area contributed by atoms with Crippen LogP contribution in [0.4, 0.5) is 13.2 Å². The number of hydrogen-bond donors (Lipinski definition) is 2. The lowest BCUT2D eigenvalue weighted by molar-refractivity contribution is -0.121. The minimum Gasteiger partial charge on any atom is -0.317 e. The van der Waals surface area contributed by atoms with Crippen molar-refractivity contribution in [2.45, 2.75) is 6.18 Å². The molecule has 0 unspecified atom stereocenters. The number of alkyl halides is 3. The molecule has 0 aromatic heterocycles. The van der Waals surface area contributed by atoms with Gasteiger partial charge in [-0.05, 0) is 0 Å². The van der Waals surface area contributed by atoms with E-state index in [1.165, 1.54) is 4.72 Å². The van der Waals surface area contributed by atoms with E-state index in [9.17, 15) is 21.6 Å². The van der Waals surface area contributed by atoms with Crippen molar-refractivity contribution >= 4 is 10.0 Å². The summed E-state index contributed by atoms with van der Waals surface area (Å²) < 4.78 is 56.0. The average molecular weight is 192 g/mol. The summed E-state index contributed by atoms with van der Waals surface area (Å²) in [6, 6.07) is 0. The quantitative estimate of drug-likeness (QED) is 0.626. The molecule has 0 saturated carbocycles. The molecule has 68 valence electrons. The maximum atomic E-state index is 11.4. The zero-order valence-corrected chi connectivity index (χ0v) is 6.17. The highest BCUT2D eigenvalue weighted by atomic mass is 32.2. The second-order valence-corrected chi connectivity index (χ2v) is 3.57. The first-order chi connectivity index (χ1) is 4.77. The summed E-state index contributed by atoms with van der Waals surface area (Å²) in [4.78, 5) is 0. The predicted octanol–water partition coefficient (Wildman–Crippen LogP) is -0.616. The van der Waals surface area contributed by atoms with E-state index in [2.05, 4.69) is 5.73 Å². The molecule has 0 bridgehead atoms. The first-order valence-corrected chi connectivity index (χ1v) is 4.16. The maximum absolute atomic E-state index is 11.4. The van der Waals surface area contributed by atoms with Crippen LogP contribution in [0.25, 0.3) is 0 Å². The molecule has 11 heavy (non-hydrogen) atoms. The summed E-state index contributed by atoms with van der Waals surface area (Å²) in [7, 11) is -3.94. The van der Waals surface area contributed by atoms with E-state index in [0.717, 1.165) is 0 Å². The third kappa shape index (κ3) is 6.07. The lowest BCUT2D eigenvalue weighted by Crippen LogP contribution is -2.37. The Balaban J connectivity index is 3.91. The van der Waals surface area contributed by atoms with Gasteiger partial charge in [0, 0.05) is 0 Å². The molecule has 0 heterocycles. The van der Waals surface area contributed by atoms with Crippen molar-refractivity contribution in [2.24, 2.45) is 5.73 Å². The van der Waals surface area contributed by atoms with Gasteiger partial charge < -0.3 is 5.73 Å². The highest BCUT2D eigenvalue weighted by Gasteiger charge is 2.28. The molecular weight excluding hydrogens is 185 g/mol. The van der Waals surface area contributed by atoms with Crippen molar-refractivity contribution in [1.29, 1.82) is 0 Å². The van der Waals surface area contributed by atoms with E-state index in [1.54, 1.807) is 0 Å². The molecule has 0 rings (SSSR count). The molecule has 4 nitrogen and oxygen atoms in total. The fourth-order valence-electron chi connectivity index (χ4n) is 0.251. The summed E-state index contributed by atoms with van der Waals surface area (Å²) >= 11 is 0. The molecule has 0 aliphatic heterocycles. The van der Waals surface area contributed by atoms with E-state index in [4.69, 9.17) is 0 Å². The number of halogens is 3. The fraction of sp³-hybridized carbons (Fsp3) is 1.00. The highest BCUT2D eigenvalue weighted by Crippen LogP contribution is 2.12. The van der Waals surface area contributed by atoms with Gasteiger partial charge in [0.1, 0.15) is 12.4 Å². The van der Waals surface area contributed by atoms with Crippen LogP contribution in [0, 0.1) is 0 Å². The lowest BCUT2D eigenvalue weighted by Gasteiger charge is -2.06. The molecule has 0 radical (unpaired) electrons. The van der Waals surface area contributed by atoms with Gasteiger partial charge in [0.15, 0.2) is 0 Å². The first-order valence-electron chi connectivity index (χ1n) is 2.51. The number of nitrogens with two attached hydrogens (primary N) is 1. The fourth-order valence-corrected chi connectivity index (χ4v) is 0.752. The Morgan fingerprint density at radius 1 is 1.36 bits per heavy atom. The maximum Gasteiger partial charge on any atom is 0.402 e. The summed E-state index contributed by atoms with van der Waals surface area (Å²) in [5.74, 6) is -0.844. The number of rotatable bonds is 3. The highest BCUT2D eigenvalue weighted by molar-refractivity contribution is 7.89. The predicted molar refractivity (Wildman–Crippen MR) is 32.0 cm³/mol. The second kappa shape index (κ2) is 3.37. The summed E-state index contributed by atoms with van der Waals surface area (Å²) in [6.45, 7) is -1.58. The minimum atomic E-state index is -4.54. The normalized spacial score (nSPS) is 13.5. The lowest BCUT2D eigenvalue weighted by atomic mass is 10.7. The SMILES string of the molecule is NCS(=O)(=O)NCC(F)(F)F. The van der Waals surface area contributed by atoms with Gasteiger partial charge in [-0.1, -0.05) is 0 Å². The third-order valence-electron chi connectivity index (χ3n) is 0.712. The molecule has 0 amide bonds. The molecule has 0 aliphatic carbocycles. The Hall–Kier alpha value is -0.340. The van der Waals surface area contributed by atoms with E-state index < -0.39 is 28.6 Å². The Bertz CT molecular complexity index is 209. The van der Waals surface area contributed by atoms with E-state index >= 15 is 0 Å². The van der Waals surface area contributed by atoms with Crippen molar-refractivity contribution in [2.75, 3.05) is 12.4 Å². The summed E-state index contributed by atoms with van der Waals surface area (Å²) in [6.07, 6.45) is -4.54. The van der Waals surface area contributed by atoms with E-state index in [0.29, 0.717) is 0 Å². The third-order valence-corrected chi connectivity index (χ3v) is 1.73. The molecule has 3 N–H and O–H groups in total. The van der Waals surface area contributed by atoms with Gasteiger partial charge in [0.2, 0.25) is 10.0 Å². The Kier molecular flexibility index (Phi) is 3.27. The van der Waals surface area contributed by atoms with Crippen LogP contribution >= 0.6 is 0 Å². The van der Waals surface area contributed by atoms with Crippen LogP contribution in [0.1, 0.15) is 0 Å². The molecule has 0 atom stereocenters. The van der Waals surface area contributed by atoms with Crippen LogP contribution in [0.3, 0.4) is 0 Å². The van der Waals surface area contributed by atoms with E-state index in [1.807, 2.05) is 0 Å². The first kappa shape index (κ1) is 10.7. The molecule has 0 spiro atoms. The van der Waals surface area contributed by atoms with Crippen LogP contribution in [0.2, 0.25) is 0 Å². The molecule has 0 fully saturated rings. The van der Waals surface area contributed by atoms with Gasteiger partial charge in [-0.3, -0.25) is 0 Å². The Morgan fingerprint density at radius 3 is 2.09 bits per heavy atom. The van der Waals surface area contributed by atoms with Gasteiger partial charge >= 0.3 is 6.18 Å². The van der Waals surface area contributed by atoms with Gasteiger partial charge in [-0.25, -0.2) is 13.1 Å². The summed E-state index contributed by atoms with van der Waals surface area (Å²) in [5.41, 5.74) is 4.62. The minimum absolute atomic E-state index is 0.844. The Labute approximate surface area is 61.6 Å². The molecule has 0 aliphatic rings. The zero-order chi connectivity index (χ0) is 9.12. The number of nitrogens with one attached hydrogen (secondary N) is 1. The molecule has 8 heteroatoms. The monoisotopic (exact) mass is 192 g/mol. The molecule has 0 saturated heterocycles. The average Bonchev–Trinajstić information content (AvgIpc) is 1.83. The smallest absolute Gasteiger partial charge is 0.317 e. The van der Waals surface area contributed by atoms with Crippen LogP contribution in [0.15, 0.2) is 0 Å². The molecule has 0 aromatic rings. The van der Waals surface area contributed by atoms with Crippen molar-refractivity contribution in [3.05, 3.63) is 0 Å². The standard InChI is InChI=1S/C3H7F3N2O2S/c4-3(5,6)1-8-11(9,10)2-7/h8H,1-2,7H2. The zero-order valence-electron chi connectivity index (χ0n) is 5.35. The van der Waals surface area contributed by atoms with E-state index in [-0.39, 0.29) is 0 Å². The molecular formula is C3H7F3N2O2S. The van der Waals surface area contributed by atoms with Crippen LogP contribution in [-0.2, 0) is 10.0 Å². The van der Waals surface area contributed by atoms with Crippen LogP contribution in [0.5, 0.6) is 0 Å². The number of sulfonamides is 1. The van der Waals surface area contributed by atoms with Gasteiger partial charge in [-0.2, -0.15) is 13.2 Å². The molecule has 0 aromatic carbocycles. The van der Waals surface area contributed by atoms with Gasteiger partial charge in [0.25, 0.3) is 0 Å². The topological polar surface area (TPSA) is 72.2 Å². The Morgan fingerprint density at radius 2 is 1.82 bits per heavy atom. The van der Waals surface area contributed by atoms with Crippen molar-refractivity contribution in [3.63, 3.8) is 0 Å². The van der Waals surface area contributed by atoms with Crippen molar-refractivity contribution in [3.8, 4) is 0 Å². The van der Waals surface area contributed by atoms with Crippen molar-refractivity contribution < 1.29 is 21.6 Å². The van der Waals surface area contributed by atoms with Crippen LogP contribution < -0.4 is 10.5 Å².